The van der Waals surface area contributed by atoms with Crippen molar-refractivity contribution >= 4 is 12.3 Å². The van der Waals surface area contributed by atoms with E-state index in [1.165, 1.54) is 0 Å². The topological polar surface area (TPSA) is 98.2 Å². The number of amides is 2. The molecule has 0 radical (unpaired) electrons. The largest absolute Gasteiger partial charge is 0.352 e. The molecule has 0 spiro atoms. The van der Waals surface area contributed by atoms with Crippen molar-refractivity contribution < 1.29 is 9.59 Å². The minimum Gasteiger partial charge on any atom is -0.352 e. The van der Waals surface area contributed by atoms with Crippen LogP contribution in [0.2, 0.25) is 0 Å². The highest BCUT2D eigenvalue weighted by atomic mass is 16.2. The van der Waals surface area contributed by atoms with Gasteiger partial charge in [-0.15, -0.1) is 0 Å². The molecular formula is C6H13N3O2. The molecule has 0 saturated carbocycles. The van der Waals surface area contributed by atoms with Crippen LogP contribution in [0.4, 0.5) is 4.79 Å². The summed E-state index contributed by atoms with van der Waals surface area (Å²) >= 11 is 0. The average molecular weight is 159 g/mol. The maximum atomic E-state index is 10.1. The van der Waals surface area contributed by atoms with E-state index in [1.54, 1.807) is 0 Å². The summed E-state index contributed by atoms with van der Waals surface area (Å²) in [4.78, 5) is 20.1. The van der Waals surface area contributed by atoms with Crippen molar-refractivity contribution in [3.05, 3.63) is 0 Å². The van der Waals surface area contributed by atoms with Crippen molar-refractivity contribution in [2.45, 2.75) is 18.9 Å². The Balaban J connectivity index is 3.14. The van der Waals surface area contributed by atoms with Gasteiger partial charge in [0.05, 0.1) is 6.04 Å². The average Bonchev–Trinajstić information content (AvgIpc) is 1.97. The second-order valence-corrected chi connectivity index (χ2v) is 2.23. The molecule has 5 heteroatoms. The zero-order valence-corrected chi connectivity index (χ0v) is 6.25. The summed E-state index contributed by atoms with van der Waals surface area (Å²) in [6, 6.07) is -0.977. The van der Waals surface area contributed by atoms with Crippen LogP contribution in [-0.2, 0) is 4.79 Å². The van der Waals surface area contributed by atoms with Gasteiger partial charge in [-0.1, -0.05) is 0 Å². The van der Waals surface area contributed by atoms with Crippen LogP contribution < -0.4 is 16.8 Å². The van der Waals surface area contributed by atoms with Crippen LogP contribution in [0, 0.1) is 0 Å². The van der Waals surface area contributed by atoms with Gasteiger partial charge in [0.15, 0.2) is 0 Å². The number of primary amides is 1. The SMILES string of the molecule is NC(=O)NCCC[C@H](N)C=O. The fraction of sp³-hybridized carbons (Fsp3) is 0.667. The summed E-state index contributed by atoms with van der Waals surface area (Å²) < 4.78 is 0. The van der Waals surface area contributed by atoms with E-state index in [-0.39, 0.29) is 0 Å². The van der Waals surface area contributed by atoms with Crippen LogP contribution in [0.3, 0.4) is 0 Å². The van der Waals surface area contributed by atoms with Crippen LogP contribution in [0.5, 0.6) is 0 Å². The Morgan fingerprint density at radius 1 is 1.64 bits per heavy atom. The first kappa shape index (κ1) is 9.90. The number of hydrogen-bond donors (Lipinski definition) is 3. The highest BCUT2D eigenvalue weighted by Gasteiger charge is 1.98. The van der Waals surface area contributed by atoms with E-state index in [2.05, 4.69) is 5.32 Å². The molecule has 0 aromatic rings. The predicted octanol–water partition coefficient (Wildman–Crippen LogP) is -1.04. The van der Waals surface area contributed by atoms with Crippen molar-refractivity contribution in [1.29, 1.82) is 0 Å². The Morgan fingerprint density at radius 3 is 2.73 bits per heavy atom. The number of urea groups is 1. The van der Waals surface area contributed by atoms with Gasteiger partial charge in [0.2, 0.25) is 0 Å². The van der Waals surface area contributed by atoms with Crippen LogP contribution in [0.15, 0.2) is 0 Å². The highest BCUT2D eigenvalue weighted by molar-refractivity contribution is 5.71. The fourth-order valence-electron chi connectivity index (χ4n) is 0.617. The van der Waals surface area contributed by atoms with Gasteiger partial charge in [-0.2, -0.15) is 0 Å². The first-order chi connectivity index (χ1) is 5.16. The third-order valence-electron chi connectivity index (χ3n) is 1.19. The summed E-state index contributed by atoms with van der Waals surface area (Å²) in [6.45, 7) is 0.469. The third-order valence-corrected chi connectivity index (χ3v) is 1.19. The summed E-state index contributed by atoms with van der Waals surface area (Å²) in [5, 5.41) is 2.39. The van der Waals surface area contributed by atoms with Crippen molar-refractivity contribution in [3.63, 3.8) is 0 Å². The van der Waals surface area contributed by atoms with Crippen LogP contribution in [-0.4, -0.2) is 24.9 Å². The number of nitrogens with one attached hydrogen (secondary N) is 1. The van der Waals surface area contributed by atoms with Gasteiger partial charge in [0.1, 0.15) is 6.29 Å². The number of nitrogens with two attached hydrogens (primary N) is 2. The standard InChI is InChI=1S/C6H13N3O2/c7-5(4-10)2-1-3-9-6(8)11/h4-5H,1-3,7H2,(H3,8,9,11)/t5-/m0/s1. The van der Waals surface area contributed by atoms with Gasteiger partial charge in [-0.25, -0.2) is 4.79 Å². The third kappa shape index (κ3) is 6.79. The number of carbonyl (C=O) groups excluding carboxylic acids is 2. The molecule has 0 aromatic heterocycles. The minimum absolute atomic E-state index is 0.426. The molecule has 2 amide bonds. The first-order valence-electron chi connectivity index (χ1n) is 3.41. The maximum Gasteiger partial charge on any atom is 0.312 e. The van der Waals surface area contributed by atoms with Crippen molar-refractivity contribution in [2.75, 3.05) is 6.54 Å². The second-order valence-electron chi connectivity index (χ2n) is 2.23. The zero-order valence-electron chi connectivity index (χ0n) is 6.25. The molecule has 0 heterocycles. The number of carbonyl (C=O) groups is 2. The Bertz CT molecular complexity index is 138. The lowest BCUT2D eigenvalue weighted by Crippen LogP contribution is -2.31. The van der Waals surface area contributed by atoms with Crippen molar-refractivity contribution in [2.24, 2.45) is 11.5 Å². The highest BCUT2D eigenvalue weighted by Crippen LogP contribution is 1.88. The number of hydrogen-bond acceptors (Lipinski definition) is 3. The minimum atomic E-state index is -0.551. The predicted molar refractivity (Wildman–Crippen MR) is 40.9 cm³/mol. The van der Waals surface area contributed by atoms with Crippen molar-refractivity contribution in [1.82, 2.24) is 5.32 Å². The lowest BCUT2D eigenvalue weighted by molar-refractivity contribution is -0.109. The van der Waals surface area contributed by atoms with Gasteiger partial charge >= 0.3 is 6.03 Å². The smallest absolute Gasteiger partial charge is 0.312 e. The first-order valence-corrected chi connectivity index (χ1v) is 3.41. The number of aldehydes is 1. The van der Waals surface area contributed by atoms with E-state index < -0.39 is 12.1 Å². The molecule has 0 fully saturated rings. The molecule has 5 nitrogen and oxygen atoms in total. The van der Waals surface area contributed by atoms with Gasteiger partial charge < -0.3 is 21.6 Å². The molecule has 0 aliphatic carbocycles. The summed E-state index contributed by atoms with van der Waals surface area (Å²) in [6.07, 6.45) is 1.93. The van der Waals surface area contributed by atoms with Crippen LogP contribution >= 0.6 is 0 Å². The molecule has 0 aliphatic heterocycles. The van der Waals surface area contributed by atoms with Gasteiger partial charge in [0, 0.05) is 6.54 Å². The number of rotatable bonds is 5. The molecule has 0 unspecified atom stereocenters. The van der Waals surface area contributed by atoms with Gasteiger partial charge in [0.25, 0.3) is 0 Å². The molecule has 0 saturated heterocycles. The lowest BCUT2D eigenvalue weighted by atomic mass is 10.2. The van der Waals surface area contributed by atoms with Gasteiger partial charge in [-0.3, -0.25) is 0 Å². The van der Waals surface area contributed by atoms with E-state index in [0.717, 1.165) is 0 Å². The maximum absolute atomic E-state index is 10.1. The Kier molecular flexibility index (Phi) is 5.10. The molecule has 11 heavy (non-hydrogen) atoms. The Labute approximate surface area is 65.1 Å². The Hall–Kier alpha value is -1.10. The van der Waals surface area contributed by atoms with E-state index in [1.807, 2.05) is 0 Å². The van der Waals surface area contributed by atoms with E-state index in [9.17, 15) is 9.59 Å². The lowest BCUT2D eigenvalue weighted by Gasteiger charge is -2.03. The summed E-state index contributed by atoms with van der Waals surface area (Å²) in [7, 11) is 0. The van der Waals surface area contributed by atoms with Crippen molar-refractivity contribution in [3.8, 4) is 0 Å². The monoisotopic (exact) mass is 159 g/mol. The molecule has 0 bridgehead atoms. The summed E-state index contributed by atoms with van der Waals surface area (Å²) in [5.41, 5.74) is 10.1. The molecule has 5 N–H and O–H groups in total. The summed E-state index contributed by atoms with van der Waals surface area (Å²) in [5.74, 6) is 0. The zero-order chi connectivity index (χ0) is 8.69. The molecule has 64 valence electrons. The molecule has 0 rings (SSSR count). The quantitative estimate of drug-likeness (QED) is 0.353. The molecular weight excluding hydrogens is 146 g/mol. The fourth-order valence-corrected chi connectivity index (χ4v) is 0.617. The molecule has 0 aromatic carbocycles. The van der Waals surface area contributed by atoms with E-state index in [0.29, 0.717) is 25.7 Å². The van der Waals surface area contributed by atoms with Crippen LogP contribution in [0.1, 0.15) is 12.8 Å². The van der Waals surface area contributed by atoms with E-state index in [4.69, 9.17) is 11.5 Å². The van der Waals surface area contributed by atoms with E-state index >= 15 is 0 Å². The Morgan fingerprint density at radius 2 is 2.27 bits per heavy atom. The molecule has 1 atom stereocenters. The van der Waals surface area contributed by atoms with Crippen LogP contribution in [0.25, 0.3) is 0 Å². The van der Waals surface area contributed by atoms with Gasteiger partial charge in [-0.05, 0) is 12.8 Å². The second kappa shape index (κ2) is 5.67. The normalized spacial score (nSPS) is 12.1. The molecule has 0 aliphatic rings.